The third-order valence-corrected chi connectivity index (χ3v) is 5.30. The quantitative estimate of drug-likeness (QED) is 0.567. The lowest BCUT2D eigenvalue weighted by Gasteiger charge is -2.35. The largest absolute Gasteiger partial charge is 0.484 e. The molecule has 7 nitrogen and oxygen atoms in total. The predicted octanol–water partition coefficient (Wildman–Crippen LogP) is 3.46. The first-order valence-electron chi connectivity index (χ1n) is 10.9. The Morgan fingerprint density at radius 2 is 1.61 bits per heavy atom. The van der Waals surface area contributed by atoms with Crippen molar-refractivity contribution in [2.45, 2.75) is 0 Å². The number of ether oxygens (including phenoxy) is 1. The zero-order valence-corrected chi connectivity index (χ0v) is 18.3. The second-order valence-corrected chi connectivity index (χ2v) is 7.61. The third-order valence-electron chi connectivity index (χ3n) is 5.30. The predicted molar refractivity (Wildman–Crippen MR) is 129 cm³/mol. The highest BCUT2D eigenvalue weighted by Crippen LogP contribution is 2.17. The van der Waals surface area contributed by atoms with E-state index >= 15 is 0 Å². The van der Waals surface area contributed by atoms with Crippen LogP contribution in [-0.2, 0) is 9.59 Å². The maximum atomic E-state index is 12.4. The van der Waals surface area contributed by atoms with Crippen LogP contribution in [0.4, 0.5) is 11.5 Å². The van der Waals surface area contributed by atoms with Gasteiger partial charge in [-0.05, 0) is 35.9 Å². The molecule has 4 rings (SSSR count). The fourth-order valence-electron chi connectivity index (χ4n) is 3.51. The van der Waals surface area contributed by atoms with E-state index in [2.05, 4.69) is 15.2 Å². The fraction of sp³-hybridized carbons (Fsp3) is 0.192. The molecule has 1 fully saturated rings. The van der Waals surface area contributed by atoms with Gasteiger partial charge in [-0.15, -0.1) is 0 Å². The van der Waals surface area contributed by atoms with E-state index < -0.39 is 0 Å². The van der Waals surface area contributed by atoms with Gasteiger partial charge in [-0.25, -0.2) is 4.98 Å². The molecule has 168 valence electrons. The molecule has 0 bridgehead atoms. The Kier molecular flexibility index (Phi) is 7.33. The van der Waals surface area contributed by atoms with Gasteiger partial charge in [0, 0.05) is 32.3 Å². The van der Waals surface area contributed by atoms with Crippen LogP contribution in [0.1, 0.15) is 5.56 Å². The molecule has 0 radical (unpaired) electrons. The molecule has 3 aromatic rings. The van der Waals surface area contributed by atoms with Crippen LogP contribution in [0.25, 0.3) is 6.08 Å². The number of hydrogen-bond donors (Lipinski definition) is 1. The molecular formula is C26H26N4O3. The molecule has 2 heterocycles. The zero-order chi connectivity index (χ0) is 22.9. The van der Waals surface area contributed by atoms with Crippen LogP contribution >= 0.6 is 0 Å². The standard InChI is InChI=1S/C26H26N4O3/c31-25(14-11-21-7-3-1-4-8-21)28-22-12-13-24(27-19-22)29-15-17-30(18-16-29)26(32)20-33-23-9-5-2-6-10-23/h1-14,19H,15-18,20H2,(H,28,31). The van der Waals surface area contributed by atoms with Crippen molar-refractivity contribution in [2.24, 2.45) is 0 Å². The maximum Gasteiger partial charge on any atom is 0.260 e. The summed E-state index contributed by atoms with van der Waals surface area (Å²) in [4.78, 5) is 33.0. The Labute approximate surface area is 193 Å². The number of nitrogens with one attached hydrogen (secondary N) is 1. The number of hydrogen-bond acceptors (Lipinski definition) is 5. The number of rotatable bonds is 7. The third kappa shape index (κ3) is 6.43. The lowest BCUT2D eigenvalue weighted by Crippen LogP contribution is -2.50. The first kappa shape index (κ1) is 22.1. The highest BCUT2D eigenvalue weighted by atomic mass is 16.5. The van der Waals surface area contributed by atoms with Crippen molar-refractivity contribution >= 4 is 29.4 Å². The fourth-order valence-corrected chi connectivity index (χ4v) is 3.51. The van der Waals surface area contributed by atoms with Crippen molar-refractivity contribution in [2.75, 3.05) is 43.0 Å². The van der Waals surface area contributed by atoms with Crippen molar-refractivity contribution in [1.29, 1.82) is 0 Å². The van der Waals surface area contributed by atoms with Crippen LogP contribution < -0.4 is 15.0 Å². The van der Waals surface area contributed by atoms with Crippen molar-refractivity contribution < 1.29 is 14.3 Å². The Hall–Kier alpha value is -4.13. The Bertz CT molecular complexity index is 1080. The molecule has 0 atom stereocenters. The number of aromatic nitrogens is 1. The number of benzene rings is 2. The van der Waals surface area contributed by atoms with Gasteiger partial charge in [-0.2, -0.15) is 0 Å². The molecule has 0 aliphatic carbocycles. The lowest BCUT2D eigenvalue weighted by atomic mass is 10.2. The molecule has 0 unspecified atom stereocenters. The molecule has 0 saturated carbocycles. The van der Waals surface area contributed by atoms with Crippen LogP contribution in [0.3, 0.4) is 0 Å². The van der Waals surface area contributed by atoms with Gasteiger partial charge in [0.25, 0.3) is 5.91 Å². The Morgan fingerprint density at radius 1 is 0.909 bits per heavy atom. The Balaban J connectivity index is 1.23. The molecule has 2 aromatic carbocycles. The summed E-state index contributed by atoms with van der Waals surface area (Å²) in [6, 6.07) is 22.7. The zero-order valence-electron chi connectivity index (χ0n) is 18.3. The van der Waals surface area contributed by atoms with E-state index in [0.717, 1.165) is 11.4 Å². The smallest absolute Gasteiger partial charge is 0.260 e. The normalized spacial score (nSPS) is 13.7. The van der Waals surface area contributed by atoms with Gasteiger partial charge in [0.15, 0.2) is 6.61 Å². The van der Waals surface area contributed by atoms with Crippen LogP contribution in [0.2, 0.25) is 0 Å². The van der Waals surface area contributed by atoms with E-state index in [0.29, 0.717) is 37.6 Å². The summed E-state index contributed by atoms with van der Waals surface area (Å²) >= 11 is 0. The van der Waals surface area contributed by atoms with Gasteiger partial charge in [0.1, 0.15) is 11.6 Å². The average Bonchev–Trinajstić information content (AvgIpc) is 2.88. The van der Waals surface area contributed by atoms with Crippen molar-refractivity contribution in [1.82, 2.24) is 9.88 Å². The lowest BCUT2D eigenvalue weighted by molar-refractivity contribution is -0.133. The van der Waals surface area contributed by atoms with Gasteiger partial charge in [-0.3, -0.25) is 9.59 Å². The first-order valence-corrected chi connectivity index (χ1v) is 10.9. The van der Waals surface area contributed by atoms with Gasteiger partial charge in [0.2, 0.25) is 5.91 Å². The number of nitrogens with zero attached hydrogens (tertiary/aromatic N) is 3. The molecule has 2 amide bonds. The molecule has 1 saturated heterocycles. The van der Waals surface area contributed by atoms with Gasteiger partial charge < -0.3 is 19.9 Å². The number of carbonyl (C=O) groups is 2. The van der Waals surface area contributed by atoms with Crippen LogP contribution in [0.15, 0.2) is 85.1 Å². The summed E-state index contributed by atoms with van der Waals surface area (Å²) < 4.78 is 5.56. The van der Waals surface area contributed by atoms with Gasteiger partial charge in [-0.1, -0.05) is 48.5 Å². The summed E-state index contributed by atoms with van der Waals surface area (Å²) in [5, 5.41) is 2.82. The summed E-state index contributed by atoms with van der Waals surface area (Å²) in [5.41, 5.74) is 1.60. The van der Waals surface area contributed by atoms with Crippen molar-refractivity contribution in [3.05, 3.63) is 90.6 Å². The molecule has 1 aliphatic rings. The monoisotopic (exact) mass is 442 g/mol. The number of amides is 2. The van der Waals surface area contributed by atoms with E-state index in [4.69, 9.17) is 4.74 Å². The number of anilines is 2. The second kappa shape index (κ2) is 10.9. The van der Waals surface area contributed by atoms with Gasteiger partial charge >= 0.3 is 0 Å². The van der Waals surface area contributed by atoms with Crippen LogP contribution in [-0.4, -0.2) is 54.5 Å². The van der Waals surface area contributed by atoms with E-state index in [1.54, 1.807) is 12.3 Å². The minimum Gasteiger partial charge on any atom is -0.484 e. The molecule has 7 heteroatoms. The van der Waals surface area contributed by atoms with Gasteiger partial charge in [0.05, 0.1) is 11.9 Å². The molecule has 1 aromatic heterocycles. The summed E-state index contributed by atoms with van der Waals surface area (Å²) in [5.74, 6) is 1.28. The van der Waals surface area contributed by atoms with Crippen LogP contribution in [0.5, 0.6) is 5.75 Å². The second-order valence-electron chi connectivity index (χ2n) is 7.61. The molecular weight excluding hydrogens is 416 g/mol. The van der Waals surface area contributed by atoms with Crippen LogP contribution in [0, 0.1) is 0 Å². The first-order chi connectivity index (χ1) is 16.2. The average molecular weight is 443 g/mol. The number of pyridine rings is 1. The van der Waals surface area contributed by atoms with E-state index in [9.17, 15) is 9.59 Å². The van der Waals surface area contributed by atoms with E-state index in [1.165, 1.54) is 6.08 Å². The number of para-hydroxylation sites is 1. The summed E-state index contributed by atoms with van der Waals surface area (Å²) in [6.07, 6.45) is 4.92. The molecule has 33 heavy (non-hydrogen) atoms. The summed E-state index contributed by atoms with van der Waals surface area (Å²) in [7, 11) is 0. The van der Waals surface area contributed by atoms with E-state index in [1.807, 2.05) is 77.7 Å². The highest BCUT2D eigenvalue weighted by Gasteiger charge is 2.22. The molecule has 1 N–H and O–H groups in total. The van der Waals surface area contributed by atoms with Crippen molar-refractivity contribution in [3.63, 3.8) is 0 Å². The molecule has 1 aliphatic heterocycles. The minimum atomic E-state index is -0.210. The summed E-state index contributed by atoms with van der Waals surface area (Å²) in [6.45, 7) is 2.64. The SMILES string of the molecule is O=C(C=Cc1ccccc1)Nc1ccc(N2CCN(C(=O)COc3ccccc3)CC2)nc1. The highest BCUT2D eigenvalue weighted by molar-refractivity contribution is 6.01. The topological polar surface area (TPSA) is 74.8 Å². The molecule has 0 spiro atoms. The Morgan fingerprint density at radius 3 is 2.27 bits per heavy atom. The minimum absolute atomic E-state index is 0.0203. The maximum absolute atomic E-state index is 12.4. The number of carbonyl (C=O) groups excluding carboxylic acids is 2. The number of piperazine rings is 1. The van der Waals surface area contributed by atoms with E-state index in [-0.39, 0.29) is 18.4 Å². The van der Waals surface area contributed by atoms with Crippen molar-refractivity contribution in [3.8, 4) is 5.75 Å².